The summed E-state index contributed by atoms with van der Waals surface area (Å²) in [6.07, 6.45) is 0. The van der Waals surface area contributed by atoms with E-state index in [9.17, 15) is 4.79 Å². The number of hydrogen-bond donors (Lipinski definition) is 1. The third kappa shape index (κ3) is 1.30. The van der Waals surface area contributed by atoms with Crippen molar-refractivity contribution in [2.24, 2.45) is 0 Å². The molecule has 0 saturated heterocycles. The molecule has 0 aliphatic rings. The minimum absolute atomic E-state index is 0.465. The van der Waals surface area contributed by atoms with Crippen LogP contribution in [0, 0.1) is 6.92 Å². The van der Waals surface area contributed by atoms with Crippen molar-refractivity contribution < 1.29 is 4.42 Å². The van der Waals surface area contributed by atoms with Crippen LogP contribution in [-0.2, 0) is 0 Å². The van der Waals surface area contributed by atoms with Gasteiger partial charge in [-0.05, 0) is 28.9 Å². The van der Waals surface area contributed by atoms with Crippen molar-refractivity contribution in [2.45, 2.75) is 6.92 Å². The van der Waals surface area contributed by atoms with Gasteiger partial charge in [-0.15, -0.1) is 0 Å². The second-order valence-electron chi connectivity index (χ2n) is 2.69. The average Bonchev–Trinajstić information content (AvgIpc) is 2.42. The Bertz CT molecular complexity index is 529. The quantitative estimate of drug-likeness (QED) is 0.793. The zero-order chi connectivity index (χ0) is 9.59. The molecule has 0 radical (unpaired) electrons. The lowest BCUT2D eigenvalue weighted by molar-refractivity contribution is 0.553. The van der Waals surface area contributed by atoms with Crippen molar-refractivity contribution in [3.05, 3.63) is 31.7 Å². The highest BCUT2D eigenvalue weighted by Crippen LogP contribution is 2.31. The zero-order valence-corrected chi connectivity index (χ0v) is 8.99. The molecule has 1 N–H and O–H groups in total. The van der Waals surface area contributed by atoms with E-state index in [0.29, 0.717) is 16.1 Å². The van der Waals surface area contributed by atoms with E-state index in [1.165, 1.54) is 0 Å². The third-order valence-electron chi connectivity index (χ3n) is 1.83. The summed E-state index contributed by atoms with van der Waals surface area (Å²) in [6.45, 7) is 1.83. The molecule has 2 rings (SSSR count). The lowest BCUT2D eigenvalue weighted by Crippen LogP contribution is -1.92. The number of fused-ring (bicyclic) bond motifs is 1. The highest BCUT2D eigenvalue weighted by Gasteiger charge is 2.10. The number of nitrogens with one attached hydrogen (secondary N) is 1. The maximum Gasteiger partial charge on any atom is 0.417 e. The second-order valence-corrected chi connectivity index (χ2v) is 3.89. The Morgan fingerprint density at radius 3 is 3.00 bits per heavy atom. The standard InChI is InChI=1S/C8H5BrClNO2/c1-3-6(9)4(10)2-5-7(3)13-8(12)11-5/h2H,1H3,(H,11,12). The van der Waals surface area contributed by atoms with Crippen LogP contribution in [0.25, 0.3) is 11.1 Å². The molecule has 0 aliphatic heterocycles. The van der Waals surface area contributed by atoms with Gasteiger partial charge in [-0.1, -0.05) is 11.6 Å². The van der Waals surface area contributed by atoms with Gasteiger partial charge in [-0.3, -0.25) is 4.98 Å². The number of aryl methyl sites for hydroxylation is 1. The van der Waals surface area contributed by atoms with E-state index in [1.54, 1.807) is 6.07 Å². The first-order valence-corrected chi connectivity index (χ1v) is 4.74. The van der Waals surface area contributed by atoms with E-state index < -0.39 is 5.76 Å². The molecule has 1 aromatic carbocycles. The number of rotatable bonds is 0. The van der Waals surface area contributed by atoms with E-state index in [-0.39, 0.29) is 0 Å². The van der Waals surface area contributed by atoms with Crippen molar-refractivity contribution in [1.82, 2.24) is 4.98 Å². The highest BCUT2D eigenvalue weighted by molar-refractivity contribution is 9.10. The van der Waals surface area contributed by atoms with Crippen LogP contribution in [0.15, 0.2) is 19.8 Å². The smallest absolute Gasteiger partial charge is 0.408 e. The molecule has 0 saturated carbocycles. The number of hydrogen-bond acceptors (Lipinski definition) is 2. The monoisotopic (exact) mass is 261 g/mol. The van der Waals surface area contributed by atoms with Crippen molar-refractivity contribution in [2.75, 3.05) is 0 Å². The van der Waals surface area contributed by atoms with E-state index in [2.05, 4.69) is 20.9 Å². The summed E-state index contributed by atoms with van der Waals surface area (Å²) >= 11 is 9.19. The normalized spacial score (nSPS) is 11.0. The zero-order valence-electron chi connectivity index (χ0n) is 6.65. The van der Waals surface area contributed by atoms with E-state index in [0.717, 1.165) is 10.0 Å². The lowest BCUT2D eigenvalue weighted by Gasteiger charge is -1.99. The number of aromatic nitrogens is 1. The number of oxazole rings is 1. The van der Waals surface area contributed by atoms with Crippen LogP contribution in [-0.4, -0.2) is 4.98 Å². The second kappa shape index (κ2) is 2.89. The fraction of sp³-hybridized carbons (Fsp3) is 0.125. The van der Waals surface area contributed by atoms with Crippen LogP contribution in [0.4, 0.5) is 0 Å². The van der Waals surface area contributed by atoms with Crippen LogP contribution in [0.1, 0.15) is 5.56 Å². The molecule has 13 heavy (non-hydrogen) atoms. The molecular weight excluding hydrogens is 257 g/mol. The van der Waals surface area contributed by atoms with Gasteiger partial charge in [0.1, 0.15) is 0 Å². The van der Waals surface area contributed by atoms with Crippen LogP contribution in [0.2, 0.25) is 5.02 Å². The summed E-state index contributed by atoms with van der Waals surface area (Å²) in [5, 5.41) is 0.557. The predicted octanol–water partition coefficient (Wildman–Crippen LogP) is 2.85. The van der Waals surface area contributed by atoms with Gasteiger partial charge >= 0.3 is 5.76 Å². The molecule has 0 unspecified atom stereocenters. The summed E-state index contributed by atoms with van der Waals surface area (Å²) in [4.78, 5) is 13.4. The first kappa shape index (κ1) is 8.84. The largest absolute Gasteiger partial charge is 0.417 e. The average molecular weight is 262 g/mol. The van der Waals surface area contributed by atoms with Gasteiger partial charge < -0.3 is 4.42 Å². The van der Waals surface area contributed by atoms with Gasteiger partial charge in [0.15, 0.2) is 5.58 Å². The van der Waals surface area contributed by atoms with Crippen molar-refractivity contribution in [1.29, 1.82) is 0 Å². The van der Waals surface area contributed by atoms with Crippen LogP contribution >= 0.6 is 27.5 Å². The van der Waals surface area contributed by atoms with Gasteiger partial charge in [0.05, 0.1) is 10.5 Å². The van der Waals surface area contributed by atoms with Crippen LogP contribution < -0.4 is 5.76 Å². The molecule has 2 aromatic rings. The summed E-state index contributed by atoms with van der Waals surface area (Å²) in [5.74, 6) is -0.465. The molecule has 0 bridgehead atoms. The molecule has 0 spiro atoms. The summed E-state index contributed by atoms with van der Waals surface area (Å²) in [5.41, 5.74) is 1.98. The maximum absolute atomic E-state index is 10.9. The Morgan fingerprint density at radius 1 is 1.62 bits per heavy atom. The summed E-state index contributed by atoms with van der Waals surface area (Å²) in [6, 6.07) is 1.65. The fourth-order valence-corrected chi connectivity index (χ4v) is 1.73. The van der Waals surface area contributed by atoms with E-state index in [1.807, 2.05) is 6.92 Å². The van der Waals surface area contributed by atoms with Crippen molar-refractivity contribution in [3.63, 3.8) is 0 Å². The number of halogens is 2. The van der Waals surface area contributed by atoms with Gasteiger partial charge in [-0.25, -0.2) is 4.79 Å². The fourth-order valence-electron chi connectivity index (χ4n) is 1.19. The minimum atomic E-state index is -0.465. The third-order valence-corrected chi connectivity index (χ3v) is 3.37. The van der Waals surface area contributed by atoms with Crippen molar-refractivity contribution in [3.8, 4) is 0 Å². The van der Waals surface area contributed by atoms with Gasteiger partial charge in [0, 0.05) is 10.0 Å². The maximum atomic E-state index is 10.9. The number of aromatic amines is 1. The summed E-state index contributed by atoms with van der Waals surface area (Å²) in [7, 11) is 0. The molecule has 0 amide bonds. The molecule has 0 atom stereocenters. The van der Waals surface area contributed by atoms with Crippen LogP contribution in [0.3, 0.4) is 0 Å². The Balaban J connectivity index is 3.00. The molecule has 1 aromatic heterocycles. The van der Waals surface area contributed by atoms with Gasteiger partial charge in [0.2, 0.25) is 0 Å². The number of benzene rings is 1. The first-order valence-electron chi connectivity index (χ1n) is 3.57. The first-order chi connectivity index (χ1) is 6.09. The van der Waals surface area contributed by atoms with Gasteiger partial charge in [-0.2, -0.15) is 0 Å². The van der Waals surface area contributed by atoms with Crippen molar-refractivity contribution >= 4 is 38.6 Å². The lowest BCUT2D eigenvalue weighted by atomic mass is 10.2. The molecule has 5 heteroatoms. The Labute approximate surface area is 86.8 Å². The predicted molar refractivity (Wildman–Crippen MR) is 54.3 cm³/mol. The molecular formula is C8H5BrClNO2. The molecule has 0 fully saturated rings. The highest BCUT2D eigenvalue weighted by atomic mass is 79.9. The van der Waals surface area contributed by atoms with Crippen LogP contribution in [0.5, 0.6) is 0 Å². The molecule has 1 heterocycles. The minimum Gasteiger partial charge on any atom is -0.408 e. The Kier molecular flexibility index (Phi) is 1.96. The number of H-pyrrole nitrogens is 1. The Hall–Kier alpha value is -0.740. The van der Waals surface area contributed by atoms with E-state index in [4.69, 9.17) is 16.0 Å². The molecule has 0 aliphatic carbocycles. The molecule has 3 nitrogen and oxygen atoms in total. The molecule has 68 valence electrons. The van der Waals surface area contributed by atoms with Gasteiger partial charge in [0.25, 0.3) is 0 Å². The van der Waals surface area contributed by atoms with E-state index >= 15 is 0 Å². The summed E-state index contributed by atoms with van der Waals surface area (Å²) < 4.78 is 5.69. The topological polar surface area (TPSA) is 46.0 Å². The SMILES string of the molecule is Cc1c(Br)c(Cl)cc2[nH]c(=O)oc12. The Morgan fingerprint density at radius 2 is 2.31 bits per heavy atom.